The van der Waals surface area contributed by atoms with E-state index in [0.717, 1.165) is 6.54 Å². The van der Waals surface area contributed by atoms with Crippen molar-refractivity contribution in [2.45, 2.75) is 15.6 Å². The van der Waals surface area contributed by atoms with Crippen LogP contribution >= 0.6 is 23.1 Å². The van der Waals surface area contributed by atoms with Gasteiger partial charge < -0.3 is 5.32 Å². The quantitative estimate of drug-likeness (QED) is 0.868. The van der Waals surface area contributed by atoms with Gasteiger partial charge in [-0.3, -0.25) is 0 Å². The second-order valence-corrected chi connectivity index (χ2v) is 5.46. The molecular formula is C12H13NS2. The van der Waals surface area contributed by atoms with Gasteiger partial charge in [-0.05, 0) is 30.1 Å². The van der Waals surface area contributed by atoms with Crippen molar-refractivity contribution in [2.75, 3.05) is 7.05 Å². The zero-order chi connectivity index (χ0) is 10.5. The third-order valence-electron chi connectivity index (χ3n) is 2.05. The topological polar surface area (TPSA) is 12.0 Å². The first kappa shape index (κ1) is 10.7. The monoisotopic (exact) mass is 235 g/mol. The summed E-state index contributed by atoms with van der Waals surface area (Å²) in [6, 6.07) is 12.8. The molecule has 0 radical (unpaired) electrons. The molecule has 1 aromatic heterocycles. The van der Waals surface area contributed by atoms with Crippen LogP contribution in [0.4, 0.5) is 0 Å². The number of nitrogens with one attached hydrogen (secondary N) is 1. The van der Waals surface area contributed by atoms with E-state index in [-0.39, 0.29) is 0 Å². The van der Waals surface area contributed by atoms with Crippen molar-refractivity contribution >= 4 is 23.1 Å². The molecule has 1 aromatic carbocycles. The molecule has 0 amide bonds. The van der Waals surface area contributed by atoms with Gasteiger partial charge in [-0.2, -0.15) is 0 Å². The van der Waals surface area contributed by atoms with Gasteiger partial charge in [-0.15, -0.1) is 11.3 Å². The zero-order valence-corrected chi connectivity index (χ0v) is 10.2. The summed E-state index contributed by atoms with van der Waals surface area (Å²) in [6.45, 7) is 0.925. The van der Waals surface area contributed by atoms with Crippen molar-refractivity contribution in [3.05, 3.63) is 47.3 Å². The van der Waals surface area contributed by atoms with Crippen molar-refractivity contribution in [3.63, 3.8) is 0 Å². The minimum Gasteiger partial charge on any atom is -0.316 e. The lowest BCUT2D eigenvalue weighted by molar-refractivity contribution is 0.803. The van der Waals surface area contributed by atoms with Crippen LogP contribution in [0.15, 0.2) is 50.9 Å². The van der Waals surface area contributed by atoms with Gasteiger partial charge in [-0.1, -0.05) is 36.0 Å². The largest absolute Gasteiger partial charge is 0.316 e. The fraction of sp³-hybridized carbons (Fsp3) is 0.167. The number of hydrogen-bond donors (Lipinski definition) is 1. The molecule has 1 N–H and O–H groups in total. The van der Waals surface area contributed by atoms with Gasteiger partial charge in [0.15, 0.2) is 0 Å². The van der Waals surface area contributed by atoms with Crippen molar-refractivity contribution in [2.24, 2.45) is 0 Å². The molecule has 0 aliphatic heterocycles. The highest BCUT2D eigenvalue weighted by Crippen LogP contribution is 2.33. The van der Waals surface area contributed by atoms with Crippen LogP contribution in [0, 0.1) is 0 Å². The summed E-state index contributed by atoms with van der Waals surface area (Å²) in [7, 11) is 1.98. The molecule has 15 heavy (non-hydrogen) atoms. The van der Waals surface area contributed by atoms with Crippen LogP contribution < -0.4 is 5.32 Å². The Morgan fingerprint density at radius 1 is 1.20 bits per heavy atom. The summed E-state index contributed by atoms with van der Waals surface area (Å²) >= 11 is 3.63. The van der Waals surface area contributed by atoms with E-state index >= 15 is 0 Å². The summed E-state index contributed by atoms with van der Waals surface area (Å²) in [6.07, 6.45) is 0. The first-order chi connectivity index (χ1) is 7.40. The average molecular weight is 235 g/mol. The zero-order valence-electron chi connectivity index (χ0n) is 8.57. The van der Waals surface area contributed by atoms with Gasteiger partial charge in [-0.25, -0.2) is 0 Å². The minimum atomic E-state index is 0.925. The third kappa shape index (κ3) is 2.84. The molecule has 0 unspecified atom stereocenters. The fourth-order valence-electron chi connectivity index (χ4n) is 1.37. The number of hydrogen-bond acceptors (Lipinski definition) is 3. The van der Waals surface area contributed by atoms with Crippen LogP contribution in [0.1, 0.15) is 5.56 Å². The van der Waals surface area contributed by atoms with E-state index in [1.807, 2.05) is 18.8 Å². The Morgan fingerprint density at radius 3 is 2.80 bits per heavy atom. The Hall–Kier alpha value is -0.770. The minimum absolute atomic E-state index is 0.925. The maximum Gasteiger partial charge on any atom is 0.0646 e. The average Bonchev–Trinajstić information content (AvgIpc) is 2.74. The summed E-state index contributed by atoms with van der Waals surface area (Å²) in [5.41, 5.74) is 1.36. The first-order valence-electron chi connectivity index (χ1n) is 4.84. The number of benzene rings is 1. The molecule has 0 fully saturated rings. The predicted octanol–water partition coefficient (Wildman–Crippen LogP) is 3.62. The molecule has 2 rings (SSSR count). The Kier molecular flexibility index (Phi) is 3.83. The molecule has 0 aliphatic rings. The van der Waals surface area contributed by atoms with E-state index in [9.17, 15) is 0 Å². The van der Waals surface area contributed by atoms with Crippen molar-refractivity contribution in [3.8, 4) is 0 Å². The normalized spacial score (nSPS) is 10.5. The lowest BCUT2D eigenvalue weighted by atomic mass is 10.2. The van der Waals surface area contributed by atoms with E-state index in [4.69, 9.17) is 0 Å². The second kappa shape index (κ2) is 5.35. The molecule has 78 valence electrons. The highest BCUT2D eigenvalue weighted by atomic mass is 32.2. The standard InChI is InChI=1S/C12H13NS2/c1-13-9-10-5-2-3-6-11(10)15-12-7-4-8-14-12/h2-8,13H,9H2,1H3. The van der Waals surface area contributed by atoms with Crippen LogP contribution in [0.5, 0.6) is 0 Å². The second-order valence-electron chi connectivity index (χ2n) is 3.17. The highest BCUT2D eigenvalue weighted by Gasteiger charge is 2.03. The maximum absolute atomic E-state index is 3.19. The van der Waals surface area contributed by atoms with Crippen LogP contribution in [-0.4, -0.2) is 7.05 Å². The highest BCUT2D eigenvalue weighted by molar-refractivity contribution is 8.01. The lowest BCUT2D eigenvalue weighted by Gasteiger charge is -2.06. The molecule has 3 heteroatoms. The van der Waals surface area contributed by atoms with Gasteiger partial charge >= 0.3 is 0 Å². The molecule has 0 saturated heterocycles. The van der Waals surface area contributed by atoms with E-state index in [0.29, 0.717) is 0 Å². The number of thiophene rings is 1. The molecular weight excluding hydrogens is 222 g/mol. The Morgan fingerprint density at radius 2 is 2.07 bits per heavy atom. The Labute approximate surface area is 98.5 Å². The Balaban J connectivity index is 2.20. The summed E-state index contributed by atoms with van der Waals surface area (Å²) in [5.74, 6) is 0. The molecule has 0 bridgehead atoms. The molecule has 0 saturated carbocycles. The van der Waals surface area contributed by atoms with Crippen LogP contribution in [-0.2, 0) is 6.54 Å². The van der Waals surface area contributed by atoms with E-state index < -0.39 is 0 Å². The van der Waals surface area contributed by atoms with Gasteiger partial charge in [0.1, 0.15) is 0 Å². The molecule has 0 spiro atoms. The molecule has 1 nitrogen and oxygen atoms in total. The van der Waals surface area contributed by atoms with Gasteiger partial charge in [0.2, 0.25) is 0 Å². The summed E-state index contributed by atoms with van der Waals surface area (Å²) in [5, 5.41) is 5.31. The first-order valence-corrected chi connectivity index (χ1v) is 6.53. The van der Waals surface area contributed by atoms with Gasteiger partial charge in [0.25, 0.3) is 0 Å². The van der Waals surface area contributed by atoms with E-state index in [1.54, 1.807) is 11.3 Å². The molecule has 1 heterocycles. The van der Waals surface area contributed by atoms with Gasteiger partial charge in [0, 0.05) is 11.4 Å². The van der Waals surface area contributed by atoms with E-state index in [2.05, 4.69) is 47.1 Å². The third-order valence-corrected chi connectivity index (χ3v) is 4.20. The van der Waals surface area contributed by atoms with E-state index in [1.165, 1.54) is 14.7 Å². The maximum atomic E-state index is 3.19. The predicted molar refractivity (Wildman–Crippen MR) is 67.6 cm³/mol. The van der Waals surface area contributed by atoms with Crippen LogP contribution in [0.3, 0.4) is 0 Å². The summed E-state index contributed by atoms with van der Waals surface area (Å²) in [4.78, 5) is 1.34. The SMILES string of the molecule is CNCc1ccccc1Sc1cccs1. The lowest BCUT2D eigenvalue weighted by Crippen LogP contribution is -2.05. The van der Waals surface area contributed by atoms with Crippen molar-refractivity contribution < 1.29 is 0 Å². The van der Waals surface area contributed by atoms with Gasteiger partial charge in [0.05, 0.1) is 4.21 Å². The van der Waals surface area contributed by atoms with Crippen molar-refractivity contribution in [1.29, 1.82) is 0 Å². The Bertz CT molecular complexity index is 409. The molecule has 0 atom stereocenters. The number of rotatable bonds is 4. The van der Waals surface area contributed by atoms with Crippen LogP contribution in [0.2, 0.25) is 0 Å². The van der Waals surface area contributed by atoms with Crippen molar-refractivity contribution in [1.82, 2.24) is 5.32 Å². The summed E-state index contributed by atoms with van der Waals surface area (Å²) < 4.78 is 1.35. The fourth-order valence-corrected chi connectivity index (χ4v) is 3.23. The molecule has 2 aromatic rings. The smallest absolute Gasteiger partial charge is 0.0646 e. The van der Waals surface area contributed by atoms with Crippen LogP contribution in [0.25, 0.3) is 0 Å². The molecule has 0 aliphatic carbocycles.